The first-order valence-electron chi connectivity index (χ1n) is 10.8. The maximum Gasteiger partial charge on any atom is 0.222 e. The number of allylic oxidation sites excluding steroid dienone is 1. The van der Waals surface area contributed by atoms with E-state index in [4.69, 9.17) is 15.7 Å². The molecule has 2 aromatic heterocycles. The van der Waals surface area contributed by atoms with Crippen molar-refractivity contribution in [2.75, 3.05) is 5.32 Å². The molecule has 6 nitrogen and oxygen atoms in total. The van der Waals surface area contributed by atoms with Gasteiger partial charge in [0.15, 0.2) is 0 Å². The molecule has 1 amide bonds. The molecule has 2 saturated carbocycles. The average Bonchev–Trinajstić information content (AvgIpc) is 3.50. The lowest BCUT2D eigenvalue weighted by Crippen LogP contribution is -2.42. The molecule has 2 heterocycles. The van der Waals surface area contributed by atoms with Crippen molar-refractivity contribution in [3.05, 3.63) is 59.2 Å². The minimum Gasteiger partial charge on any atom is -0.369 e. The molecule has 0 saturated heterocycles. The third-order valence-corrected chi connectivity index (χ3v) is 7.19. The molecule has 152 valence electrons. The fraction of sp³-hybridized carbons (Fsp3) is 0.375. The Kier molecular flexibility index (Phi) is 3.94. The molecule has 0 aliphatic heterocycles. The van der Waals surface area contributed by atoms with E-state index in [-0.39, 0.29) is 17.9 Å². The summed E-state index contributed by atoms with van der Waals surface area (Å²) in [4.78, 5) is 25.1. The van der Waals surface area contributed by atoms with Crippen LogP contribution >= 0.6 is 0 Å². The van der Waals surface area contributed by atoms with Gasteiger partial charge in [-0.2, -0.15) is 0 Å². The fourth-order valence-electron chi connectivity index (χ4n) is 5.84. The highest BCUT2D eigenvalue weighted by Crippen LogP contribution is 2.49. The lowest BCUT2D eigenvalue weighted by Gasteiger charge is -2.30. The van der Waals surface area contributed by atoms with Crippen molar-refractivity contribution < 1.29 is 4.79 Å². The Hall–Kier alpha value is -3.15. The monoisotopic (exact) mass is 399 g/mol. The summed E-state index contributed by atoms with van der Waals surface area (Å²) in [7, 11) is 0. The van der Waals surface area contributed by atoms with Crippen molar-refractivity contribution in [1.82, 2.24) is 15.0 Å². The molecule has 3 aliphatic carbocycles. The van der Waals surface area contributed by atoms with E-state index in [2.05, 4.69) is 46.7 Å². The van der Waals surface area contributed by atoms with Gasteiger partial charge in [-0.3, -0.25) is 4.79 Å². The molecule has 6 rings (SSSR count). The van der Waals surface area contributed by atoms with Crippen molar-refractivity contribution in [3.8, 4) is 0 Å². The van der Waals surface area contributed by atoms with Crippen LogP contribution in [0.4, 0.5) is 5.82 Å². The first-order valence-corrected chi connectivity index (χ1v) is 10.8. The number of aromatic amines is 1. The summed E-state index contributed by atoms with van der Waals surface area (Å²) in [5, 5.41) is 4.84. The zero-order valence-corrected chi connectivity index (χ0v) is 16.8. The summed E-state index contributed by atoms with van der Waals surface area (Å²) in [5.74, 6) is 2.31. The third kappa shape index (κ3) is 2.82. The first kappa shape index (κ1) is 17.7. The van der Waals surface area contributed by atoms with E-state index in [1.165, 1.54) is 17.4 Å². The number of nitrogens with one attached hydrogen (secondary N) is 2. The molecule has 6 heteroatoms. The van der Waals surface area contributed by atoms with Crippen molar-refractivity contribution >= 4 is 28.7 Å². The summed E-state index contributed by atoms with van der Waals surface area (Å²) in [5.41, 5.74) is 10.2. The number of aromatic nitrogens is 3. The lowest BCUT2D eigenvalue weighted by atomic mass is 9.84. The number of primary amides is 1. The second-order valence-electron chi connectivity index (χ2n) is 8.96. The number of H-pyrrole nitrogens is 1. The molecule has 30 heavy (non-hydrogen) atoms. The van der Waals surface area contributed by atoms with Crippen LogP contribution in [0, 0.1) is 17.8 Å². The predicted octanol–water partition coefficient (Wildman–Crippen LogP) is 3.43. The largest absolute Gasteiger partial charge is 0.369 e. The second-order valence-corrected chi connectivity index (χ2v) is 8.96. The Morgan fingerprint density at radius 2 is 2.10 bits per heavy atom. The highest BCUT2D eigenvalue weighted by atomic mass is 16.1. The number of hydrogen-bond donors (Lipinski definition) is 3. The normalized spacial score (nSPS) is 26.4. The van der Waals surface area contributed by atoms with E-state index in [1.807, 2.05) is 6.20 Å². The van der Waals surface area contributed by atoms with Gasteiger partial charge in [0, 0.05) is 36.2 Å². The number of benzene rings is 1. The van der Waals surface area contributed by atoms with Gasteiger partial charge in [-0.25, -0.2) is 9.97 Å². The van der Waals surface area contributed by atoms with Gasteiger partial charge in [-0.1, -0.05) is 18.2 Å². The Morgan fingerprint density at radius 3 is 3.00 bits per heavy atom. The molecule has 2 fully saturated rings. The van der Waals surface area contributed by atoms with Crippen LogP contribution in [0.1, 0.15) is 41.9 Å². The number of rotatable bonds is 5. The molecule has 0 radical (unpaired) electrons. The first-order chi connectivity index (χ1) is 14.7. The maximum atomic E-state index is 12.2. The van der Waals surface area contributed by atoms with E-state index in [0.29, 0.717) is 18.3 Å². The fourth-order valence-corrected chi connectivity index (χ4v) is 5.84. The molecular formula is C24H25N5O. The van der Waals surface area contributed by atoms with Crippen LogP contribution in [0.3, 0.4) is 0 Å². The Labute approximate surface area is 175 Å². The maximum absolute atomic E-state index is 12.2. The van der Waals surface area contributed by atoms with Gasteiger partial charge >= 0.3 is 0 Å². The van der Waals surface area contributed by atoms with E-state index >= 15 is 0 Å². The van der Waals surface area contributed by atoms with Crippen LogP contribution in [-0.2, 0) is 17.6 Å². The number of carbonyl (C=O) groups excluding carboxylic acids is 1. The summed E-state index contributed by atoms with van der Waals surface area (Å²) >= 11 is 0. The van der Waals surface area contributed by atoms with Crippen LogP contribution in [0.25, 0.3) is 17.0 Å². The number of carbonyl (C=O) groups is 1. The zero-order chi connectivity index (χ0) is 20.2. The molecule has 2 bridgehead atoms. The topological polar surface area (TPSA) is 96.7 Å². The number of amides is 1. The summed E-state index contributed by atoms with van der Waals surface area (Å²) in [6.07, 6.45) is 11.1. The third-order valence-electron chi connectivity index (χ3n) is 7.19. The van der Waals surface area contributed by atoms with Crippen molar-refractivity contribution in [3.63, 3.8) is 0 Å². The van der Waals surface area contributed by atoms with E-state index in [9.17, 15) is 4.79 Å². The van der Waals surface area contributed by atoms with Crippen molar-refractivity contribution in [2.45, 2.75) is 38.1 Å². The summed E-state index contributed by atoms with van der Waals surface area (Å²) in [6.45, 7) is 0. The van der Waals surface area contributed by atoms with Crippen LogP contribution in [0.2, 0.25) is 0 Å². The minimum absolute atomic E-state index is 0.0818. The Balaban J connectivity index is 1.33. The molecule has 3 aliphatic rings. The lowest BCUT2D eigenvalue weighted by molar-refractivity contribution is -0.123. The standard InChI is InChI=1S/C24H25N5O/c25-23(30)21-15-5-6-16(12-15)22(21)29-24-17-2-1-3-19(17)27-20(28-24)11-13-4-7-18-14(10-13)8-9-26-18/h1-2,4,7-10,15-16,21-22,26H,3,5-6,11-12H2,(H2,25,30)(H,27,28,29). The zero-order valence-electron chi connectivity index (χ0n) is 16.8. The molecule has 0 spiro atoms. The molecular weight excluding hydrogens is 374 g/mol. The minimum atomic E-state index is -0.180. The predicted molar refractivity (Wildman–Crippen MR) is 117 cm³/mol. The van der Waals surface area contributed by atoms with Gasteiger partial charge in [-0.05, 0) is 60.2 Å². The van der Waals surface area contributed by atoms with E-state index < -0.39 is 0 Å². The van der Waals surface area contributed by atoms with Gasteiger partial charge < -0.3 is 16.0 Å². The number of anilines is 1. The second kappa shape index (κ2) is 6.69. The van der Waals surface area contributed by atoms with Crippen LogP contribution in [0.5, 0.6) is 0 Å². The van der Waals surface area contributed by atoms with E-state index in [1.54, 1.807) is 0 Å². The quantitative estimate of drug-likeness (QED) is 0.612. The smallest absolute Gasteiger partial charge is 0.222 e. The Morgan fingerprint density at radius 1 is 1.20 bits per heavy atom. The van der Waals surface area contributed by atoms with Crippen LogP contribution in [-0.4, -0.2) is 26.9 Å². The van der Waals surface area contributed by atoms with Gasteiger partial charge in [0.2, 0.25) is 5.91 Å². The van der Waals surface area contributed by atoms with Gasteiger partial charge in [0.05, 0.1) is 11.6 Å². The highest BCUT2D eigenvalue weighted by molar-refractivity contribution is 5.80. The molecule has 4 atom stereocenters. The van der Waals surface area contributed by atoms with Gasteiger partial charge in [0.1, 0.15) is 11.6 Å². The Bertz CT molecular complexity index is 1180. The SMILES string of the molecule is NC(=O)C1C2CCC(C2)C1Nc1nc(Cc2ccc3[nH]ccc3c2)nc2c1C=CC2. The van der Waals surface area contributed by atoms with E-state index in [0.717, 1.165) is 47.7 Å². The molecule has 3 aromatic rings. The number of nitrogens with two attached hydrogens (primary N) is 1. The number of hydrogen-bond acceptors (Lipinski definition) is 4. The van der Waals surface area contributed by atoms with Gasteiger partial charge in [-0.15, -0.1) is 0 Å². The van der Waals surface area contributed by atoms with Crippen molar-refractivity contribution in [1.29, 1.82) is 0 Å². The molecule has 1 aromatic carbocycles. The molecule has 4 unspecified atom stereocenters. The van der Waals surface area contributed by atoms with Crippen molar-refractivity contribution in [2.24, 2.45) is 23.5 Å². The average molecular weight is 399 g/mol. The number of nitrogens with zero attached hydrogens (tertiary/aromatic N) is 2. The van der Waals surface area contributed by atoms with Gasteiger partial charge in [0.25, 0.3) is 0 Å². The number of fused-ring (bicyclic) bond motifs is 4. The van der Waals surface area contributed by atoms with Crippen LogP contribution in [0.15, 0.2) is 36.5 Å². The summed E-state index contributed by atoms with van der Waals surface area (Å²) in [6, 6.07) is 8.58. The highest BCUT2D eigenvalue weighted by Gasteiger charge is 2.50. The summed E-state index contributed by atoms with van der Waals surface area (Å²) < 4.78 is 0. The molecule has 4 N–H and O–H groups in total. The van der Waals surface area contributed by atoms with Crippen LogP contribution < -0.4 is 11.1 Å².